The minimum atomic E-state index is 0.138. The van der Waals surface area contributed by atoms with Crippen molar-refractivity contribution in [3.8, 4) is 0 Å². The van der Waals surface area contributed by atoms with Crippen LogP contribution >= 0.6 is 11.3 Å². The quantitative estimate of drug-likeness (QED) is 0.922. The first-order valence-electron chi connectivity index (χ1n) is 8.11. The van der Waals surface area contributed by atoms with Crippen molar-refractivity contribution in [1.29, 1.82) is 0 Å². The summed E-state index contributed by atoms with van der Waals surface area (Å²) in [5.74, 6) is 0. The van der Waals surface area contributed by atoms with Crippen molar-refractivity contribution in [1.82, 2.24) is 4.98 Å². The number of aryl methyl sites for hydroxylation is 1. The van der Waals surface area contributed by atoms with Gasteiger partial charge in [-0.15, -0.1) is 0 Å². The third kappa shape index (κ3) is 2.73. The zero-order chi connectivity index (χ0) is 14.0. The fraction of sp³-hybridized carbons (Fsp3) is 0.812. The summed E-state index contributed by atoms with van der Waals surface area (Å²) in [6.45, 7) is 4.56. The van der Waals surface area contributed by atoms with Crippen molar-refractivity contribution in [2.75, 3.05) is 18.0 Å². The zero-order valence-corrected chi connectivity index (χ0v) is 13.3. The van der Waals surface area contributed by atoms with Gasteiger partial charge in [0.05, 0.1) is 17.2 Å². The lowest BCUT2D eigenvalue weighted by atomic mass is 9.68. The SMILES string of the molecule is CCc1nc(N2CCC3(CCCCC3)CC2)sc1CO. The highest BCUT2D eigenvalue weighted by Gasteiger charge is 2.36. The van der Waals surface area contributed by atoms with E-state index in [4.69, 9.17) is 4.98 Å². The van der Waals surface area contributed by atoms with Crippen molar-refractivity contribution in [2.24, 2.45) is 5.41 Å². The van der Waals surface area contributed by atoms with Crippen LogP contribution in [0.4, 0.5) is 5.13 Å². The molecule has 2 heterocycles. The molecule has 0 aromatic carbocycles. The molecule has 0 bridgehead atoms. The standard InChI is InChI=1S/C16H26N2OS/c1-2-13-14(12-19)20-15(17-13)18-10-8-16(9-11-18)6-4-3-5-7-16/h19H,2-12H2,1H3. The highest BCUT2D eigenvalue weighted by Crippen LogP contribution is 2.45. The summed E-state index contributed by atoms with van der Waals surface area (Å²) in [7, 11) is 0. The fourth-order valence-electron chi connectivity index (χ4n) is 3.88. The van der Waals surface area contributed by atoms with Crippen LogP contribution in [0, 0.1) is 5.41 Å². The Labute approximate surface area is 126 Å². The predicted molar refractivity (Wildman–Crippen MR) is 84.4 cm³/mol. The lowest BCUT2D eigenvalue weighted by Crippen LogP contribution is -2.41. The Morgan fingerprint density at radius 3 is 2.40 bits per heavy atom. The Morgan fingerprint density at radius 2 is 1.85 bits per heavy atom. The average Bonchev–Trinajstić information content (AvgIpc) is 2.92. The summed E-state index contributed by atoms with van der Waals surface area (Å²) in [5, 5.41) is 10.5. The van der Waals surface area contributed by atoms with Gasteiger partial charge in [0, 0.05) is 13.1 Å². The van der Waals surface area contributed by atoms with E-state index in [2.05, 4.69) is 11.8 Å². The van der Waals surface area contributed by atoms with Gasteiger partial charge in [0.25, 0.3) is 0 Å². The molecule has 1 spiro atoms. The van der Waals surface area contributed by atoms with Crippen molar-refractivity contribution in [3.05, 3.63) is 10.6 Å². The third-order valence-electron chi connectivity index (χ3n) is 5.25. The molecule has 4 heteroatoms. The first kappa shape index (κ1) is 14.3. The second-order valence-corrected chi connectivity index (χ2v) is 7.49. The molecule has 1 aliphatic carbocycles. The molecule has 1 saturated heterocycles. The molecule has 0 unspecified atom stereocenters. The number of nitrogens with zero attached hydrogens (tertiary/aromatic N) is 2. The Hall–Kier alpha value is -0.610. The first-order chi connectivity index (χ1) is 9.76. The maximum absolute atomic E-state index is 9.41. The van der Waals surface area contributed by atoms with E-state index in [0.29, 0.717) is 5.41 Å². The highest BCUT2D eigenvalue weighted by atomic mass is 32.1. The zero-order valence-electron chi connectivity index (χ0n) is 12.5. The maximum atomic E-state index is 9.41. The van der Waals surface area contributed by atoms with Gasteiger partial charge in [-0.05, 0) is 37.5 Å². The number of aliphatic hydroxyl groups excluding tert-OH is 1. The molecular weight excluding hydrogens is 268 g/mol. The summed E-state index contributed by atoms with van der Waals surface area (Å²) >= 11 is 1.69. The van der Waals surface area contributed by atoms with Gasteiger partial charge in [0.15, 0.2) is 5.13 Å². The van der Waals surface area contributed by atoms with Gasteiger partial charge in [0.1, 0.15) is 0 Å². The van der Waals surface area contributed by atoms with Crippen molar-refractivity contribution in [2.45, 2.75) is 64.9 Å². The first-order valence-corrected chi connectivity index (χ1v) is 8.92. The molecule has 1 aromatic rings. The molecule has 112 valence electrons. The van der Waals surface area contributed by atoms with Gasteiger partial charge in [0.2, 0.25) is 0 Å². The van der Waals surface area contributed by atoms with Crippen LogP contribution < -0.4 is 4.90 Å². The summed E-state index contributed by atoms with van der Waals surface area (Å²) in [6.07, 6.45) is 10.8. The number of aromatic nitrogens is 1. The van der Waals surface area contributed by atoms with Crippen LogP contribution in [0.3, 0.4) is 0 Å². The van der Waals surface area contributed by atoms with Crippen LogP contribution in [-0.2, 0) is 13.0 Å². The Balaban J connectivity index is 1.67. The van der Waals surface area contributed by atoms with Crippen LogP contribution in [0.1, 0.15) is 62.4 Å². The third-order valence-corrected chi connectivity index (χ3v) is 6.40. The van der Waals surface area contributed by atoms with Crippen LogP contribution in [0.25, 0.3) is 0 Å². The molecule has 3 nitrogen and oxygen atoms in total. The monoisotopic (exact) mass is 294 g/mol. The van der Waals surface area contributed by atoms with E-state index >= 15 is 0 Å². The maximum Gasteiger partial charge on any atom is 0.185 e. The molecule has 2 aliphatic rings. The molecule has 0 radical (unpaired) electrons. The van der Waals surface area contributed by atoms with Crippen LogP contribution in [-0.4, -0.2) is 23.2 Å². The Kier molecular flexibility index (Phi) is 4.32. The number of piperidine rings is 1. The molecule has 3 rings (SSSR count). The molecule has 1 aliphatic heterocycles. The van der Waals surface area contributed by atoms with E-state index in [-0.39, 0.29) is 6.61 Å². The number of aliphatic hydroxyl groups is 1. The van der Waals surface area contributed by atoms with Crippen molar-refractivity contribution < 1.29 is 5.11 Å². The second-order valence-electron chi connectivity index (χ2n) is 6.43. The molecule has 1 saturated carbocycles. The number of anilines is 1. The van der Waals surface area contributed by atoms with Gasteiger partial charge >= 0.3 is 0 Å². The normalized spacial score (nSPS) is 22.4. The van der Waals surface area contributed by atoms with E-state index in [9.17, 15) is 5.11 Å². The number of thiazole rings is 1. The minimum Gasteiger partial charge on any atom is -0.391 e. The van der Waals surface area contributed by atoms with Gasteiger partial charge in [-0.25, -0.2) is 4.98 Å². The molecular formula is C16H26N2OS. The molecule has 1 N–H and O–H groups in total. The van der Waals surface area contributed by atoms with Crippen LogP contribution in [0.5, 0.6) is 0 Å². The topological polar surface area (TPSA) is 36.4 Å². The molecule has 2 fully saturated rings. The summed E-state index contributed by atoms with van der Waals surface area (Å²) in [4.78, 5) is 8.24. The largest absolute Gasteiger partial charge is 0.391 e. The lowest BCUT2D eigenvalue weighted by Gasteiger charge is -2.44. The highest BCUT2D eigenvalue weighted by molar-refractivity contribution is 7.15. The van der Waals surface area contributed by atoms with E-state index < -0.39 is 0 Å². The van der Waals surface area contributed by atoms with Gasteiger partial charge in [-0.2, -0.15) is 0 Å². The van der Waals surface area contributed by atoms with Gasteiger partial charge in [-0.1, -0.05) is 37.5 Å². The lowest BCUT2D eigenvalue weighted by molar-refractivity contribution is 0.144. The van der Waals surface area contributed by atoms with Crippen LogP contribution in [0.15, 0.2) is 0 Å². The summed E-state index contributed by atoms with van der Waals surface area (Å²) in [6, 6.07) is 0. The summed E-state index contributed by atoms with van der Waals surface area (Å²) < 4.78 is 0. The average molecular weight is 294 g/mol. The van der Waals surface area contributed by atoms with E-state index in [1.807, 2.05) is 0 Å². The van der Waals surface area contributed by atoms with Crippen molar-refractivity contribution >= 4 is 16.5 Å². The summed E-state index contributed by atoms with van der Waals surface area (Å²) in [5.41, 5.74) is 1.74. The Morgan fingerprint density at radius 1 is 1.15 bits per heavy atom. The second kappa shape index (κ2) is 6.02. The van der Waals surface area contributed by atoms with Gasteiger partial charge in [-0.3, -0.25) is 0 Å². The minimum absolute atomic E-state index is 0.138. The van der Waals surface area contributed by atoms with E-state index in [1.54, 1.807) is 11.3 Å². The fourth-order valence-corrected chi connectivity index (χ4v) is 4.94. The Bertz CT molecular complexity index is 420. The van der Waals surface area contributed by atoms with E-state index in [0.717, 1.165) is 35.2 Å². The number of hydrogen-bond acceptors (Lipinski definition) is 4. The van der Waals surface area contributed by atoms with Crippen LogP contribution in [0.2, 0.25) is 0 Å². The number of rotatable bonds is 3. The number of hydrogen-bond donors (Lipinski definition) is 1. The molecule has 20 heavy (non-hydrogen) atoms. The molecule has 0 atom stereocenters. The molecule has 0 amide bonds. The smallest absolute Gasteiger partial charge is 0.185 e. The predicted octanol–water partition coefficient (Wildman–Crippen LogP) is 3.75. The molecule has 1 aromatic heterocycles. The van der Waals surface area contributed by atoms with E-state index in [1.165, 1.54) is 44.9 Å². The van der Waals surface area contributed by atoms with Crippen molar-refractivity contribution in [3.63, 3.8) is 0 Å². The van der Waals surface area contributed by atoms with Gasteiger partial charge < -0.3 is 10.0 Å².